The van der Waals surface area contributed by atoms with Gasteiger partial charge in [0.15, 0.2) is 0 Å². The maximum absolute atomic E-state index is 11.3. The van der Waals surface area contributed by atoms with Crippen LogP contribution in [0.4, 0.5) is 5.69 Å². The van der Waals surface area contributed by atoms with Gasteiger partial charge in [-0.05, 0) is 44.5 Å². The normalized spacial score (nSPS) is 21.2. The molecule has 1 aromatic carbocycles. The van der Waals surface area contributed by atoms with Crippen LogP contribution in [0.5, 0.6) is 0 Å². The van der Waals surface area contributed by atoms with E-state index >= 15 is 0 Å². The van der Waals surface area contributed by atoms with Crippen LogP contribution in [0.2, 0.25) is 0 Å². The van der Waals surface area contributed by atoms with Crippen LogP contribution in [0.15, 0.2) is 24.3 Å². The van der Waals surface area contributed by atoms with Crippen LogP contribution < -0.4 is 16.0 Å². The van der Waals surface area contributed by atoms with Crippen molar-refractivity contribution in [2.24, 2.45) is 11.7 Å². The Morgan fingerprint density at radius 1 is 1.42 bits per heavy atom. The molecule has 19 heavy (non-hydrogen) atoms. The van der Waals surface area contributed by atoms with Gasteiger partial charge in [-0.3, -0.25) is 4.79 Å². The molecular weight excluding hydrogens is 238 g/mol. The minimum Gasteiger partial charge on any atom is -0.371 e. The monoisotopic (exact) mass is 261 g/mol. The highest BCUT2D eigenvalue weighted by atomic mass is 16.1. The average Bonchev–Trinajstić information content (AvgIpc) is 2.46. The summed E-state index contributed by atoms with van der Waals surface area (Å²) in [6.07, 6.45) is 1.95. The number of hydrogen-bond donors (Lipinski definition) is 2. The van der Waals surface area contributed by atoms with Crippen LogP contribution >= 0.6 is 0 Å². The molecule has 0 saturated carbocycles. The quantitative estimate of drug-likeness (QED) is 0.867. The summed E-state index contributed by atoms with van der Waals surface area (Å²) >= 11 is 0. The fourth-order valence-electron chi connectivity index (χ4n) is 2.58. The van der Waals surface area contributed by atoms with Gasteiger partial charge in [0, 0.05) is 24.8 Å². The van der Waals surface area contributed by atoms with Crippen molar-refractivity contribution in [1.29, 1.82) is 0 Å². The van der Waals surface area contributed by atoms with E-state index in [-0.39, 0.29) is 11.8 Å². The van der Waals surface area contributed by atoms with Crippen molar-refractivity contribution < 1.29 is 4.79 Å². The van der Waals surface area contributed by atoms with E-state index in [4.69, 9.17) is 5.73 Å². The SMILES string of the molecule is CNC(C)c1ccc(N2CCCC(C(N)=O)C2)cc1. The van der Waals surface area contributed by atoms with Crippen LogP contribution in [0.1, 0.15) is 31.4 Å². The lowest BCUT2D eigenvalue weighted by atomic mass is 9.97. The fourth-order valence-corrected chi connectivity index (χ4v) is 2.58. The summed E-state index contributed by atoms with van der Waals surface area (Å²) in [7, 11) is 1.96. The van der Waals surface area contributed by atoms with Gasteiger partial charge in [0.05, 0.1) is 5.92 Å². The topological polar surface area (TPSA) is 58.4 Å². The van der Waals surface area contributed by atoms with Crippen molar-refractivity contribution in [2.45, 2.75) is 25.8 Å². The third-order valence-corrected chi connectivity index (χ3v) is 4.02. The summed E-state index contributed by atoms with van der Waals surface area (Å²) < 4.78 is 0. The first-order chi connectivity index (χ1) is 9.11. The lowest BCUT2D eigenvalue weighted by Gasteiger charge is -2.33. The second-order valence-electron chi connectivity index (χ2n) is 5.29. The molecule has 1 aliphatic heterocycles. The molecule has 2 atom stereocenters. The van der Waals surface area contributed by atoms with Crippen molar-refractivity contribution in [3.63, 3.8) is 0 Å². The Bertz CT molecular complexity index is 430. The number of nitrogens with zero attached hydrogens (tertiary/aromatic N) is 1. The molecule has 0 aliphatic carbocycles. The van der Waals surface area contributed by atoms with Gasteiger partial charge < -0.3 is 16.0 Å². The minimum atomic E-state index is -0.176. The number of carbonyl (C=O) groups is 1. The Morgan fingerprint density at radius 3 is 2.68 bits per heavy atom. The second kappa shape index (κ2) is 6.06. The molecule has 1 aromatic rings. The molecule has 1 saturated heterocycles. The standard InChI is InChI=1S/C15H23N3O/c1-11(17-2)12-5-7-14(8-6-12)18-9-3-4-13(10-18)15(16)19/h5-8,11,13,17H,3-4,9-10H2,1-2H3,(H2,16,19). The molecular formula is C15H23N3O. The summed E-state index contributed by atoms with van der Waals surface area (Å²) in [5, 5.41) is 3.23. The molecule has 1 amide bonds. The van der Waals surface area contributed by atoms with Crippen LogP contribution in [0.25, 0.3) is 0 Å². The Balaban J connectivity index is 2.07. The molecule has 3 N–H and O–H groups in total. The lowest BCUT2D eigenvalue weighted by molar-refractivity contribution is -0.122. The molecule has 1 aliphatic rings. The van der Waals surface area contributed by atoms with Crippen LogP contribution in [-0.2, 0) is 4.79 Å². The lowest BCUT2D eigenvalue weighted by Crippen LogP contribution is -2.41. The van der Waals surface area contributed by atoms with Gasteiger partial charge in [-0.1, -0.05) is 12.1 Å². The average molecular weight is 261 g/mol. The Labute approximate surface area is 115 Å². The summed E-state index contributed by atoms with van der Waals surface area (Å²) in [5.74, 6) is -0.185. The molecule has 0 bridgehead atoms. The minimum absolute atomic E-state index is 0.00958. The highest BCUT2D eigenvalue weighted by molar-refractivity contribution is 5.77. The Kier molecular flexibility index (Phi) is 4.43. The third-order valence-electron chi connectivity index (χ3n) is 4.02. The molecule has 4 heteroatoms. The Hall–Kier alpha value is -1.55. The van der Waals surface area contributed by atoms with Gasteiger partial charge in [0.2, 0.25) is 5.91 Å². The predicted molar refractivity (Wildman–Crippen MR) is 78.0 cm³/mol. The van der Waals surface area contributed by atoms with E-state index in [1.165, 1.54) is 11.3 Å². The molecule has 2 unspecified atom stereocenters. The molecule has 1 fully saturated rings. The number of nitrogens with two attached hydrogens (primary N) is 1. The molecule has 104 valence electrons. The molecule has 2 rings (SSSR count). The second-order valence-corrected chi connectivity index (χ2v) is 5.29. The van der Waals surface area contributed by atoms with Gasteiger partial charge in [-0.2, -0.15) is 0 Å². The first-order valence-corrected chi connectivity index (χ1v) is 6.93. The van der Waals surface area contributed by atoms with E-state index in [9.17, 15) is 4.79 Å². The number of anilines is 1. The molecule has 0 aromatic heterocycles. The van der Waals surface area contributed by atoms with Gasteiger partial charge in [0.25, 0.3) is 0 Å². The predicted octanol–water partition coefficient (Wildman–Crippen LogP) is 1.67. The molecule has 0 radical (unpaired) electrons. The van der Waals surface area contributed by atoms with Gasteiger partial charge in [0.1, 0.15) is 0 Å². The van der Waals surface area contributed by atoms with Gasteiger partial charge in [-0.15, -0.1) is 0 Å². The third kappa shape index (κ3) is 3.26. The summed E-state index contributed by atoms with van der Waals surface area (Å²) in [4.78, 5) is 13.6. The molecule has 4 nitrogen and oxygen atoms in total. The van der Waals surface area contributed by atoms with E-state index in [0.29, 0.717) is 6.04 Å². The maximum atomic E-state index is 11.3. The molecule has 1 heterocycles. The number of nitrogens with one attached hydrogen (secondary N) is 1. The summed E-state index contributed by atoms with van der Waals surface area (Å²) in [6.45, 7) is 3.89. The van der Waals surface area contributed by atoms with E-state index < -0.39 is 0 Å². The smallest absolute Gasteiger partial charge is 0.222 e. The zero-order chi connectivity index (χ0) is 13.8. The van der Waals surface area contributed by atoms with Crippen molar-refractivity contribution >= 4 is 11.6 Å². The van der Waals surface area contributed by atoms with Crippen LogP contribution in [-0.4, -0.2) is 26.0 Å². The van der Waals surface area contributed by atoms with Crippen LogP contribution in [0.3, 0.4) is 0 Å². The summed E-state index contributed by atoms with van der Waals surface area (Å²) in [6, 6.07) is 8.90. The zero-order valence-electron chi connectivity index (χ0n) is 11.7. The van der Waals surface area contributed by atoms with E-state index in [0.717, 1.165) is 25.9 Å². The number of primary amides is 1. The van der Waals surface area contributed by atoms with Crippen molar-refractivity contribution in [3.05, 3.63) is 29.8 Å². The first kappa shape index (κ1) is 13.9. The molecule has 0 spiro atoms. The van der Waals surface area contributed by atoms with Crippen molar-refractivity contribution in [2.75, 3.05) is 25.0 Å². The van der Waals surface area contributed by atoms with Gasteiger partial charge in [-0.25, -0.2) is 0 Å². The van der Waals surface area contributed by atoms with E-state index in [2.05, 4.69) is 41.4 Å². The summed E-state index contributed by atoms with van der Waals surface area (Å²) in [5.41, 5.74) is 7.87. The number of hydrogen-bond acceptors (Lipinski definition) is 3. The first-order valence-electron chi connectivity index (χ1n) is 6.93. The fraction of sp³-hybridized carbons (Fsp3) is 0.533. The number of amides is 1. The number of rotatable bonds is 4. The number of benzene rings is 1. The number of piperidine rings is 1. The van der Waals surface area contributed by atoms with Crippen LogP contribution in [0, 0.1) is 5.92 Å². The maximum Gasteiger partial charge on any atom is 0.222 e. The number of carbonyl (C=O) groups excluding carboxylic acids is 1. The largest absolute Gasteiger partial charge is 0.371 e. The van der Waals surface area contributed by atoms with Crippen molar-refractivity contribution in [3.8, 4) is 0 Å². The van der Waals surface area contributed by atoms with Crippen molar-refractivity contribution in [1.82, 2.24) is 5.32 Å². The highest BCUT2D eigenvalue weighted by Gasteiger charge is 2.24. The Morgan fingerprint density at radius 2 is 2.11 bits per heavy atom. The van der Waals surface area contributed by atoms with E-state index in [1.54, 1.807) is 0 Å². The van der Waals surface area contributed by atoms with E-state index in [1.807, 2.05) is 7.05 Å². The zero-order valence-corrected chi connectivity index (χ0v) is 11.7. The highest BCUT2D eigenvalue weighted by Crippen LogP contribution is 2.24. The van der Waals surface area contributed by atoms with Gasteiger partial charge >= 0.3 is 0 Å².